The molecule has 2 fully saturated rings. The van der Waals surface area contributed by atoms with Crippen molar-refractivity contribution in [1.29, 1.82) is 0 Å². The number of fused-ring (bicyclic) bond motifs is 2. The van der Waals surface area contributed by atoms with Gasteiger partial charge in [0.25, 0.3) is 5.91 Å². The summed E-state index contributed by atoms with van der Waals surface area (Å²) in [4.78, 5) is 60.4. The number of hydrogen-bond donors (Lipinski definition) is 2. The van der Waals surface area contributed by atoms with E-state index in [2.05, 4.69) is 5.32 Å². The predicted octanol–water partition coefficient (Wildman–Crippen LogP) is 4.48. The van der Waals surface area contributed by atoms with Crippen molar-refractivity contribution in [2.75, 3.05) is 24.6 Å². The summed E-state index contributed by atoms with van der Waals surface area (Å²) in [6, 6.07) is 13.6. The van der Waals surface area contributed by atoms with Gasteiger partial charge in [-0.25, -0.2) is 0 Å². The fourth-order valence-corrected chi connectivity index (χ4v) is 8.09. The summed E-state index contributed by atoms with van der Waals surface area (Å²) in [5.74, 6) is -3.29. The maximum atomic E-state index is 15.1. The number of unbranched alkanes of at least 4 members (excludes halogenated alkanes) is 3. The number of aliphatic hydroxyl groups excluding tert-OH is 1. The molecular weight excluding hydrogens is 622 g/mol. The highest BCUT2D eigenvalue weighted by Crippen LogP contribution is 2.56. The van der Waals surface area contributed by atoms with Crippen molar-refractivity contribution in [2.24, 2.45) is 11.8 Å². The van der Waals surface area contributed by atoms with E-state index < -0.39 is 47.7 Å². The van der Waals surface area contributed by atoms with Gasteiger partial charge in [-0.1, -0.05) is 85.7 Å². The zero-order valence-corrected chi connectivity index (χ0v) is 28.5. The Labute approximate surface area is 288 Å². The SMILES string of the molecule is Cc1cccc(C)c1N1C/C=C\CCC(=O)N[C@@H](C)[C@H](c2ccccc2)OC(=O)[C@@H]2[C@H]3C(=O)N(CCCCCCO)[C@H](C1=O)[C@]31C=C[C@H]2O1. The van der Waals surface area contributed by atoms with Crippen LogP contribution in [0.15, 0.2) is 72.8 Å². The lowest BCUT2D eigenvalue weighted by atomic mass is 9.74. The van der Waals surface area contributed by atoms with Crippen LogP contribution in [0.1, 0.15) is 68.2 Å². The molecular formula is C39H47N3O7. The number of para-hydroxylation sites is 1. The van der Waals surface area contributed by atoms with Gasteiger partial charge in [-0.15, -0.1) is 0 Å². The third-order valence-electron chi connectivity index (χ3n) is 10.4. The van der Waals surface area contributed by atoms with Gasteiger partial charge < -0.3 is 29.7 Å². The van der Waals surface area contributed by atoms with E-state index in [1.165, 1.54) is 0 Å². The Balaban J connectivity index is 1.43. The maximum Gasteiger partial charge on any atom is 0.313 e. The van der Waals surface area contributed by atoms with Crippen LogP contribution in [0.3, 0.4) is 0 Å². The number of carbonyl (C=O) groups is 4. The van der Waals surface area contributed by atoms with E-state index >= 15 is 4.79 Å². The van der Waals surface area contributed by atoms with E-state index in [9.17, 15) is 19.5 Å². The second-order valence-corrected chi connectivity index (χ2v) is 13.7. The molecule has 0 saturated carbocycles. The number of cyclic esters (lactones) is 1. The van der Waals surface area contributed by atoms with Gasteiger partial charge in [-0.05, 0) is 56.7 Å². The van der Waals surface area contributed by atoms with Gasteiger partial charge in [0.15, 0.2) is 0 Å². The molecule has 260 valence electrons. The summed E-state index contributed by atoms with van der Waals surface area (Å²) in [5, 5.41) is 12.3. The molecule has 2 aromatic rings. The van der Waals surface area contributed by atoms with Crippen LogP contribution in [0.2, 0.25) is 0 Å². The molecule has 0 unspecified atom stereocenters. The molecule has 0 aliphatic carbocycles. The lowest BCUT2D eigenvalue weighted by molar-refractivity contribution is -0.161. The fourth-order valence-electron chi connectivity index (χ4n) is 8.09. The van der Waals surface area contributed by atoms with E-state index in [0.717, 1.165) is 35.2 Å². The number of anilines is 1. The van der Waals surface area contributed by atoms with Crippen LogP contribution in [0.25, 0.3) is 0 Å². The first-order valence-corrected chi connectivity index (χ1v) is 17.5. The Morgan fingerprint density at radius 2 is 1.65 bits per heavy atom. The van der Waals surface area contributed by atoms with Gasteiger partial charge in [0, 0.05) is 31.8 Å². The number of hydrogen-bond acceptors (Lipinski definition) is 7. The number of aryl methyl sites for hydroxylation is 2. The van der Waals surface area contributed by atoms with E-state index in [4.69, 9.17) is 9.47 Å². The Hall–Kier alpha value is -4.28. The van der Waals surface area contributed by atoms with Crippen molar-refractivity contribution in [3.8, 4) is 0 Å². The lowest BCUT2D eigenvalue weighted by Crippen LogP contribution is -2.56. The highest BCUT2D eigenvalue weighted by molar-refractivity contribution is 6.06. The number of nitrogens with one attached hydrogen (secondary N) is 1. The number of nitrogens with zero attached hydrogens (tertiary/aromatic N) is 2. The number of carbonyl (C=O) groups excluding carboxylic acids is 4. The molecule has 3 amide bonds. The first-order valence-electron chi connectivity index (χ1n) is 17.5. The van der Waals surface area contributed by atoms with Gasteiger partial charge in [-0.2, -0.15) is 0 Å². The van der Waals surface area contributed by atoms with Crippen molar-refractivity contribution in [1.82, 2.24) is 10.2 Å². The van der Waals surface area contributed by atoms with Gasteiger partial charge in [0.2, 0.25) is 11.8 Å². The molecule has 49 heavy (non-hydrogen) atoms. The molecule has 2 aromatic carbocycles. The topological polar surface area (TPSA) is 125 Å². The second-order valence-electron chi connectivity index (χ2n) is 13.7. The first-order chi connectivity index (χ1) is 23.7. The number of amides is 3. The third kappa shape index (κ3) is 6.56. The van der Waals surface area contributed by atoms with Crippen molar-refractivity contribution >= 4 is 29.4 Å². The molecule has 0 radical (unpaired) electrons. The minimum atomic E-state index is -1.35. The molecule has 10 nitrogen and oxygen atoms in total. The number of aliphatic hydroxyl groups is 1. The monoisotopic (exact) mass is 669 g/mol. The summed E-state index contributed by atoms with van der Waals surface area (Å²) in [7, 11) is 0. The van der Waals surface area contributed by atoms with Crippen molar-refractivity contribution < 1.29 is 33.8 Å². The molecule has 4 aliphatic rings. The molecule has 2 N–H and O–H groups in total. The van der Waals surface area contributed by atoms with E-state index in [-0.39, 0.29) is 37.3 Å². The molecule has 4 heterocycles. The minimum Gasteiger partial charge on any atom is -0.455 e. The van der Waals surface area contributed by atoms with Crippen LogP contribution in [-0.4, -0.2) is 77.2 Å². The molecule has 2 saturated heterocycles. The van der Waals surface area contributed by atoms with Crippen LogP contribution < -0.4 is 10.2 Å². The van der Waals surface area contributed by atoms with Crippen molar-refractivity contribution in [2.45, 2.75) is 89.2 Å². The average molecular weight is 670 g/mol. The molecule has 6 rings (SSSR count). The smallest absolute Gasteiger partial charge is 0.313 e. The Morgan fingerprint density at radius 3 is 2.39 bits per heavy atom. The van der Waals surface area contributed by atoms with Crippen LogP contribution in [0, 0.1) is 25.7 Å². The zero-order valence-electron chi connectivity index (χ0n) is 28.5. The summed E-state index contributed by atoms with van der Waals surface area (Å²) in [6.45, 7) is 6.37. The lowest BCUT2D eigenvalue weighted by Gasteiger charge is -2.37. The molecule has 7 atom stereocenters. The first kappa shape index (κ1) is 34.6. The Morgan fingerprint density at radius 1 is 0.918 bits per heavy atom. The van der Waals surface area contributed by atoms with Gasteiger partial charge in [0.05, 0.1) is 18.1 Å². The largest absolute Gasteiger partial charge is 0.455 e. The summed E-state index contributed by atoms with van der Waals surface area (Å²) in [6.07, 6.45) is 9.42. The highest BCUT2D eigenvalue weighted by Gasteiger charge is 2.73. The van der Waals surface area contributed by atoms with Crippen LogP contribution in [0.4, 0.5) is 5.69 Å². The highest BCUT2D eigenvalue weighted by atomic mass is 16.6. The van der Waals surface area contributed by atoms with Crippen molar-refractivity contribution in [3.05, 3.63) is 89.5 Å². The number of likely N-dealkylation sites (tertiary alicyclic amines) is 1. The van der Waals surface area contributed by atoms with Gasteiger partial charge >= 0.3 is 5.97 Å². The van der Waals surface area contributed by atoms with Crippen molar-refractivity contribution in [3.63, 3.8) is 0 Å². The van der Waals surface area contributed by atoms with E-state index in [1.807, 2.05) is 87.5 Å². The third-order valence-corrected chi connectivity index (χ3v) is 10.4. The molecule has 1 spiro atoms. The number of allylic oxidation sites excluding steroid dienone is 1. The molecule has 5 bridgehead atoms. The molecule has 0 aromatic heterocycles. The van der Waals surface area contributed by atoms with Gasteiger partial charge in [-0.3, -0.25) is 19.2 Å². The number of ether oxygens (including phenoxy) is 2. The number of rotatable bonds is 8. The minimum absolute atomic E-state index is 0.100. The summed E-state index contributed by atoms with van der Waals surface area (Å²) >= 11 is 0. The van der Waals surface area contributed by atoms with Crippen LogP contribution in [-0.2, 0) is 28.7 Å². The van der Waals surface area contributed by atoms with Crippen LogP contribution >= 0.6 is 0 Å². The maximum absolute atomic E-state index is 15.1. The number of benzene rings is 2. The van der Waals surface area contributed by atoms with E-state index in [1.54, 1.807) is 15.9 Å². The van der Waals surface area contributed by atoms with Crippen LogP contribution in [0.5, 0.6) is 0 Å². The predicted molar refractivity (Wildman–Crippen MR) is 184 cm³/mol. The normalized spacial score (nSPS) is 30.8. The second kappa shape index (κ2) is 14.7. The van der Waals surface area contributed by atoms with Gasteiger partial charge in [0.1, 0.15) is 23.7 Å². The average Bonchev–Trinajstić information content (AvgIpc) is 3.73. The summed E-state index contributed by atoms with van der Waals surface area (Å²) in [5.41, 5.74) is 1.96. The summed E-state index contributed by atoms with van der Waals surface area (Å²) < 4.78 is 12.9. The van der Waals surface area contributed by atoms with E-state index in [0.29, 0.717) is 25.8 Å². The standard InChI is InChI=1S/C39H47N3O7/c1-25-15-14-16-26(2)33(25)41-22-12-7-10-19-30(44)40-27(3)34(28-17-8-6-9-18-28)48-38(47)31-29-20-21-39(49-29)32(31)36(45)42(35(39)37(41)46)23-11-4-5-13-24-43/h6-9,12,14-18,20-21,27,29,31-32,34-35,43H,4-5,10-11,13,19,22-24H2,1-3H3,(H,40,44)/b12-7-/t27-,29+,31-,32-,34+,35+,39-/m0/s1. The Bertz CT molecular complexity index is 1600. The fraction of sp³-hybridized carbons (Fsp3) is 0.487. The number of esters is 1. The molecule has 4 aliphatic heterocycles. The Kier molecular flexibility index (Phi) is 10.4. The quantitative estimate of drug-likeness (QED) is 0.241. The zero-order chi connectivity index (χ0) is 34.7. The molecule has 10 heteroatoms.